The number of nitrogens with zero attached hydrogens (tertiary/aromatic N) is 1. The van der Waals surface area contributed by atoms with Crippen molar-refractivity contribution in [3.63, 3.8) is 0 Å². The number of amides is 3. The van der Waals surface area contributed by atoms with Crippen molar-refractivity contribution < 1.29 is 23.9 Å². The summed E-state index contributed by atoms with van der Waals surface area (Å²) in [4.78, 5) is 49.1. The van der Waals surface area contributed by atoms with E-state index in [2.05, 4.69) is 5.32 Å². The number of rotatable bonds is 6. The number of ether oxygens (including phenoxy) is 1. The zero-order valence-electron chi connectivity index (χ0n) is 13.5. The Morgan fingerprint density at radius 1 is 1.24 bits per heavy atom. The van der Waals surface area contributed by atoms with Gasteiger partial charge in [0.2, 0.25) is 5.91 Å². The van der Waals surface area contributed by atoms with Gasteiger partial charge >= 0.3 is 5.97 Å². The number of hydrogen-bond acceptors (Lipinski definition) is 7. The molecule has 1 aromatic heterocycles. The SMILES string of the molecule is O=C(COC(=O)c1csc2c1CCCC2)NCCN1C(=O)CSC1=O. The van der Waals surface area contributed by atoms with E-state index in [1.54, 1.807) is 16.7 Å². The highest BCUT2D eigenvalue weighted by molar-refractivity contribution is 8.14. The highest BCUT2D eigenvalue weighted by Gasteiger charge is 2.29. The zero-order chi connectivity index (χ0) is 17.8. The first-order chi connectivity index (χ1) is 12.1. The molecule has 1 N–H and O–H groups in total. The summed E-state index contributed by atoms with van der Waals surface area (Å²) in [6, 6.07) is 0. The second kappa shape index (κ2) is 8.01. The highest BCUT2D eigenvalue weighted by atomic mass is 32.2. The molecule has 3 amide bonds. The van der Waals surface area contributed by atoms with Gasteiger partial charge in [-0.2, -0.15) is 0 Å². The van der Waals surface area contributed by atoms with Crippen LogP contribution in [-0.4, -0.2) is 53.4 Å². The number of carbonyl (C=O) groups excluding carboxylic acids is 4. The van der Waals surface area contributed by atoms with E-state index in [0.717, 1.165) is 47.9 Å². The summed E-state index contributed by atoms with van der Waals surface area (Å²) < 4.78 is 5.08. The molecule has 1 saturated heterocycles. The minimum absolute atomic E-state index is 0.127. The maximum absolute atomic E-state index is 12.2. The quantitative estimate of drug-likeness (QED) is 0.751. The molecule has 1 aliphatic heterocycles. The number of thiophene rings is 1. The van der Waals surface area contributed by atoms with Gasteiger partial charge in [-0.15, -0.1) is 11.3 Å². The average molecular weight is 382 g/mol. The van der Waals surface area contributed by atoms with Crippen molar-refractivity contribution in [2.45, 2.75) is 25.7 Å². The monoisotopic (exact) mass is 382 g/mol. The van der Waals surface area contributed by atoms with Gasteiger partial charge in [0.05, 0.1) is 11.3 Å². The maximum Gasteiger partial charge on any atom is 0.339 e. The molecule has 3 rings (SSSR count). The molecule has 0 aromatic carbocycles. The molecule has 2 aliphatic rings. The minimum atomic E-state index is -0.476. The Balaban J connectivity index is 1.41. The van der Waals surface area contributed by atoms with Gasteiger partial charge in [-0.25, -0.2) is 4.79 Å². The first kappa shape index (κ1) is 17.9. The molecule has 0 bridgehead atoms. The number of esters is 1. The van der Waals surface area contributed by atoms with Crippen LogP contribution in [0.15, 0.2) is 5.38 Å². The van der Waals surface area contributed by atoms with Gasteiger partial charge < -0.3 is 10.1 Å². The van der Waals surface area contributed by atoms with Gasteiger partial charge in [0.25, 0.3) is 11.1 Å². The van der Waals surface area contributed by atoms with E-state index in [1.807, 2.05) is 0 Å². The number of nitrogens with one attached hydrogen (secondary N) is 1. The van der Waals surface area contributed by atoms with Crippen molar-refractivity contribution in [3.05, 3.63) is 21.4 Å². The maximum atomic E-state index is 12.2. The summed E-state index contributed by atoms with van der Waals surface area (Å²) >= 11 is 2.52. The summed E-state index contributed by atoms with van der Waals surface area (Å²) in [5, 5.41) is 4.05. The fraction of sp³-hybridized carbons (Fsp3) is 0.500. The fourth-order valence-electron chi connectivity index (χ4n) is 2.83. The molecule has 1 aliphatic carbocycles. The third-order valence-corrected chi connectivity index (χ3v) is 6.06. The number of aryl methyl sites for hydroxylation is 1. The Morgan fingerprint density at radius 2 is 2.04 bits per heavy atom. The molecule has 0 saturated carbocycles. The molecule has 0 spiro atoms. The van der Waals surface area contributed by atoms with Crippen LogP contribution in [-0.2, 0) is 27.2 Å². The van der Waals surface area contributed by atoms with E-state index in [1.165, 1.54) is 4.88 Å². The topological polar surface area (TPSA) is 92.8 Å². The predicted molar refractivity (Wildman–Crippen MR) is 93.8 cm³/mol. The standard InChI is InChI=1S/C16H18N2O5S2/c19-13(17-5-6-18-14(20)9-25-16(18)22)7-23-15(21)11-8-24-12-4-2-1-3-10(11)12/h8H,1-7,9H2,(H,17,19). The number of carbonyl (C=O) groups is 4. The molecule has 25 heavy (non-hydrogen) atoms. The predicted octanol–water partition coefficient (Wildman–Crippen LogP) is 1.60. The lowest BCUT2D eigenvalue weighted by molar-refractivity contribution is -0.126. The molecule has 0 atom stereocenters. The van der Waals surface area contributed by atoms with Crippen LogP contribution in [0.3, 0.4) is 0 Å². The van der Waals surface area contributed by atoms with Crippen LogP contribution in [0.5, 0.6) is 0 Å². The van der Waals surface area contributed by atoms with Crippen LogP contribution in [0, 0.1) is 0 Å². The van der Waals surface area contributed by atoms with Crippen LogP contribution in [0.2, 0.25) is 0 Å². The molecule has 134 valence electrons. The fourth-order valence-corrected chi connectivity index (χ4v) is 4.70. The van der Waals surface area contributed by atoms with Crippen LogP contribution >= 0.6 is 23.1 Å². The van der Waals surface area contributed by atoms with Crippen molar-refractivity contribution in [1.82, 2.24) is 10.2 Å². The van der Waals surface area contributed by atoms with Crippen molar-refractivity contribution in [3.8, 4) is 0 Å². The first-order valence-corrected chi connectivity index (χ1v) is 9.93. The lowest BCUT2D eigenvalue weighted by Gasteiger charge is -2.14. The van der Waals surface area contributed by atoms with Crippen molar-refractivity contribution in [1.29, 1.82) is 0 Å². The van der Waals surface area contributed by atoms with Crippen molar-refractivity contribution >= 4 is 46.1 Å². The largest absolute Gasteiger partial charge is 0.452 e. The smallest absolute Gasteiger partial charge is 0.339 e. The van der Waals surface area contributed by atoms with Gasteiger partial charge in [0.15, 0.2) is 6.61 Å². The van der Waals surface area contributed by atoms with E-state index in [4.69, 9.17) is 4.74 Å². The molecule has 2 heterocycles. The molecule has 1 aromatic rings. The zero-order valence-corrected chi connectivity index (χ0v) is 15.2. The van der Waals surface area contributed by atoms with E-state index in [-0.39, 0.29) is 36.6 Å². The summed E-state index contributed by atoms with van der Waals surface area (Å²) in [5.74, 6) is -1.03. The number of fused-ring (bicyclic) bond motifs is 1. The van der Waals surface area contributed by atoms with Crippen molar-refractivity contribution in [2.75, 3.05) is 25.4 Å². The molecule has 7 nitrogen and oxygen atoms in total. The van der Waals surface area contributed by atoms with E-state index in [0.29, 0.717) is 5.56 Å². The molecule has 0 radical (unpaired) electrons. The Labute approximate surface area is 153 Å². The third kappa shape index (κ3) is 4.21. The van der Waals surface area contributed by atoms with Crippen LogP contribution in [0.25, 0.3) is 0 Å². The van der Waals surface area contributed by atoms with Crippen LogP contribution in [0.1, 0.15) is 33.6 Å². The molecular weight excluding hydrogens is 364 g/mol. The summed E-state index contributed by atoms with van der Waals surface area (Å²) in [7, 11) is 0. The minimum Gasteiger partial charge on any atom is -0.452 e. The molecule has 1 fully saturated rings. The number of hydrogen-bond donors (Lipinski definition) is 1. The van der Waals surface area contributed by atoms with Gasteiger partial charge in [0.1, 0.15) is 0 Å². The van der Waals surface area contributed by atoms with Gasteiger partial charge in [0, 0.05) is 23.3 Å². The lowest BCUT2D eigenvalue weighted by atomic mass is 9.96. The molecular formula is C16H18N2O5S2. The van der Waals surface area contributed by atoms with Crippen molar-refractivity contribution in [2.24, 2.45) is 0 Å². The van der Waals surface area contributed by atoms with Crippen LogP contribution < -0.4 is 5.32 Å². The average Bonchev–Trinajstić information content (AvgIpc) is 3.18. The Hall–Kier alpha value is -1.87. The van der Waals surface area contributed by atoms with Gasteiger partial charge in [-0.05, 0) is 31.2 Å². The van der Waals surface area contributed by atoms with E-state index < -0.39 is 11.9 Å². The Bertz CT molecular complexity index is 699. The first-order valence-electron chi connectivity index (χ1n) is 8.06. The van der Waals surface area contributed by atoms with E-state index >= 15 is 0 Å². The lowest BCUT2D eigenvalue weighted by Crippen LogP contribution is -2.38. The Kier molecular flexibility index (Phi) is 5.74. The van der Waals surface area contributed by atoms with Gasteiger partial charge in [-0.1, -0.05) is 11.8 Å². The number of thioether (sulfide) groups is 1. The summed E-state index contributed by atoms with van der Waals surface area (Å²) in [5.41, 5.74) is 1.63. The summed E-state index contributed by atoms with van der Waals surface area (Å²) in [6.07, 6.45) is 4.09. The number of imide groups is 1. The third-order valence-electron chi connectivity index (χ3n) is 4.11. The van der Waals surface area contributed by atoms with E-state index in [9.17, 15) is 19.2 Å². The molecule has 9 heteroatoms. The second-order valence-electron chi connectivity index (χ2n) is 5.78. The van der Waals surface area contributed by atoms with Gasteiger partial charge in [-0.3, -0.25) is 19.3 Å². The Morgan fingerprint density at radius 3 is 2.80 bits per heavy atom. The highest BCUT2D eigenvalue weighted by Crippen LogP contribution is 2.30. The second-order valence-corrected chi connectivity index (χ2v) is 7.68. The molecule has 0 unspecified atom stereocenters. The summed E-state index contributed by atoms with van der Waals surface area (Å²) in [6.45, 7) is -0.106. The normalized spacial score (nSPS) is 16.7. The van der Waals surface area contributed by atoms with Crippen LogP contribution in [0.4, 0.5) is 4.79 Å².